The van der Waals surface area contributed by atoms with Crippen LogP contribution < -0.4 is 5.73 Å². The highest BCUT2D eigenvalue weighted by molar-refractivity contribution is 5.94. The summed E-state index contributed by atoms with van der Waals surface area (Å²) >= 11 is 0. The number of hydrogen-bond donors (Lipinski definition) is 1. The number of pyridine rings is 2. The molecule has 2 N–H and O–H groups in total. The first-order valence-corrected chi connectivity index (χ1v) is 5.57. The minimum absolute atomic E-state index is 0.418. The van der Waals surface area contributed by atoms with Crippen molar-refractivity contribution in [2.45, 2.75) is 0 Å². The Balaban J connectivity index is 2.14. The van der Waals surface area contributed by atoms with Gasteiger partial charge in [0, 0.05) is 35.2 Å². The van der Waals surface area contributed by atoms with Gasteiger partial charge in [0.25, 0.3) is 0 Å². The molecule has 4 heteroatoms. The molecule has 0 aliphatic carbocycles. The summed E-state index contributed by atoms with van der Waals surface area (Å²) < 4.78 is 1.94. The minimum Gasteiger partial charge on any atom is -0.366 e. The van der Waals surface area contributed by atoms with E-state index in [1.807, 2.05) is 41.1 Å². The predicted molar refractivity (Wildman–Crippen MR) is 69.1 cm³/mol. The molecule has 0 fully saturated rings. The van der Waals surface area contributed by atoms with Gasteiger partial charge in [-0.05, 0) is 30.3 Å². The molecular weight excluding hydrogens is 226 g/mol. The van der Waals surface area contributed by atoms with E-state index in [9.17, 15) is 4.79 Å². The smallest absolute Gasteiger partial charge is 0.248 e. The van der Waals surface area contributed by atoms with Gasteiger partial charge in [0.05, 0.1) is 5.69 Å². The highest BCUT2D eigenvalue weighted by atomic mass is 16.1. The Morgan fingerprint density at radius 3 is 2.83 bits per heavy atom. The first kappa shape index (κ1) is 10.5. The number of fused-ring (bicyclic) bond motifs is 1. The average Bonchev–Trinajstić information content (AvgIpc) is 2.82. The summed E-state index contributed by atoms with van der Waals surface area (Å²) in [6, 6.07) is 11.2. The molecule has 3 aromatic heterocycles. The van der Waals surface area contributed by atoms with Crippen molar-refractivity contribution in [1.82, 2.24) is 9.38 Å². The second-order valence-corrected chi connectivity index (χ2v) is 4.06. The summed E-state index contributed by atoms with van der Waals surface area (Å²) in [6.45, 7) is 0. The Morgan fingerprint density at radius 1 is 1.22 bits per heavy atom. The lowest BCUT2D eigenvalue weighted by atomic mass is 10.2. The fourth-order valence-corrected chi connectivity index (χ4v) is 1.94. The van der Waals surface area contributed by atoms with Gasteiger partial charge in [-0.2, -0.15) is 0 Å². The zero-order valence-corrected chi connectivity index (χ0v) is 9.58. The van der Waals surface area contributed by atoms with Crippen LogP contribution in [0.2, 0.25) is 0 Å². The second kappa shape index (κ2) is 4.00. The van der Waals surface area contributed by atoms with Crippen molar-refractivity contribution in [2.75, 3.05) is 0 Å². The van der Waals surface area contributed by atoms with E-state index in [0.717, 1.165) is 16.8 Å². The second-order valence-electron chi connectivity index (χ2n) is 4.06. The summed E-state index contributed by atoms with van der Waals surface area (Å²) in [5.41, 5.74) is 8.61. The molecule has 0 aromatic carbocycles. The lowest BCUT2D eigenvalue weighted by Crippen LogP contribution is -2.10. The number of aromatic nitrogens is 2. The minimum atomic E-state index is -0.418. The van der Waals surface area contributed by atoms with Crippen LogP contribution in [-0.2, 0) is 0 Å². The van der Waals surface area contributed by atoms with E-state index in [2.05, 4.69) is 4.98 Å². The van der Waals surface area contributed by atoms with E-state index >= 15 is 0 Å². The third-order valence-corrected chi connectivity index (χ3v) is 2.84. The highest BCUT2D eigenvalue weighted by Gasteiger charge is 2.05. The molecule has 0 atom stereocenters. The van der Waals surface area contributed by atoms with E-state index in [1.165, 1.54) is 0 Å². The number of carbonyl (C=O) groups excluding carboxylic acids is 1. The van der Waals surface area contributed by atoms with Crippen molar-refractivity contribution in [1.29, 1.82) is 0 Å². The van der Waals surface area contributed by atoms with Crippen LogP contribution in [0.15, 0.2) is 55.0 Å². The molecule has 0 spiro atoms. The molecule has 88 valence electrons. The highest BCUT2D eigenvalue weighted by Crippen LogP contribution is 2.20. The van der Waals surface area contributed by atoms with Crippen LogP contribution in [0.1, 0.15) is 10.4 Å². The topological polar surface area (TPSA) is 60.4 Å². The van der Waals surface area contributed by atoms with Crippen LogP contribution in [0.25, 0.3) is 16.8 Å². The number of amides is 1. The van der Waals surface area contributed by atoms with Crippen LogP contribution in [0.3, 0.4) is 0 Å². The third-order valence-electron chi connectivity index (χ3n) is 2.84. The molecular formula is C14H11N3O. The van der Waals surface area contributed by atoms with Crippen molar-refractivity contribution in [3.05, 3.63) is 60.6 Å². The van der Waals surface area contributed by atoms with Gasteiger partial charge in [-0.25, -0.2) is 0 Å². The summed E-state index contributed by atoms with van der Waals surface area (Å²) in [6.07, 6.45) is 5.55. The van der Waals surface area contributed by atoms with Crippen molar-refractivity contribution in [3.8, 4) is 11.3 Å². The van der Waals surface area contributed by atoms with Crippen LogP contribution in [0, 0.1) is 0 Å². The Labute approximate surface area is 104 Å². The van der Waals surface area contributed by atoms with Crippen molar-refractivity contribution < 1.29 is 4.79 Å². The van der Waals surface area contributed by atoms with Crippen LogP contribution >= 0.6 is 0 Å². The third kappa shape index (κ3) is 1.73. The van der Waals surface area contributed by atoms with Gasteiger partial charge in [-0.3, -0.25) is 9.78 Å². The van der Waals surface area contributed by atoms with Gasteiger partial charge in [-0.1, -0.05) is 6.07 Å². The Bertz CT molecular complexity index is 716. The Kier molecular flexibility index (Phi) is 2.34. The van der Waals surface area contributed by atoms with Gasteiger partial charge in [0.15, 0.2) is 0 Å². The Morgan fingerprint density at radius 2 is 2.11 bits per heavy atom. The SMILES string of the molecule is NC(=O)c1ccn2cc(-c3ccccn3)cc2c1. The van der Waals surface area contributed by atoms with Gasteiger partial charge >= 0.3 is 0 Å². The average molecular weight is 237 g/mol. The van der Waals surface area contributed by atoms with Gasteiger partial charge in [0.2, 0.25) is 5.91 Å². The molecule has 0 saturated carbocycles. The lowest BCUT2D eigenvalue weighted by Gasteiger charge is -1.96. The molecule has 3 aromatic rings. The molecule has 3 rings (SSSR count). The van der Waals surface area contributed by atoms with Crippen LogP contribution in [0.4, 0.5) is 0 Å². The number of nitrogens with two attached hydrogens (primary N) is 1. The number of hydrogen-bond acceptors (Lipinski definition) is 2. The molecule has 0 unspecified atom stereocenters. The van der Waals surface area contributed by atoms with E-state index in [-0.39, 0.29) is 0 Å². The lowest BCUT2D eigenvalue weighted by molar-refractivity contribution is 0.100. The first-order valence-electron chi connectivity index (χ1n) is 5.57. The predicted octanol–water partition coefficient (Wildman–Crippen LogP) is 2.10. The molecule has 0 bridgehead atoms. The summed E-state index contributed by atoms with van der Waals surface area (Å²) in [4.78, 5) is 15.4. The van der Waals surface area contributed by atoms with Gasteiger partial charge < -0.3 is 10.1 Å². The molecule has 1 amide bonds. The number of nitrogens with zero attached hydrogens (tertiary/aromatic N) is 2. The van der Waals surface area contributed by atoms with Crippen LogP contribution in [-0.4, -0.2) is 15.3 Å². The quantitative estimate of drug-likeness (QED) is 0.742. The van der Waals surface area contributed by atoms with Crippen molar-refractivity contribution in [2.24, 2.45) is 5.73 Å². The fourth-order valence-electron chi connectivity index (χ4n) is 1.94. The number of carbonyl (C=O) groups is 1. The molecule has 4 nitrogen and oxygen atoms in total. The normalized spacial score (nSPS) is 10.7. The maximum atomic E-state index is 11.1. The number of rotatable bonds is 2. The molecule has 18 heavy (non-hydrogen) atoms. The van der Waals surface area contributed by atoms with E-state index < -0.39 is 5.91 Å². The van der Waals surface area contributed by atoms with Crippen molar-refractivity contribution >= 4 is 11.4 Å². The summed E-state index contributed by atoms with van der Waals surface area (Å²) in [5, 5.41) is 0. The first-order chi connectivity index (χ1) is 8.74. The van der Waals surface area contributed by atoms with Gasteiger partial charge in [0.1, 0.15) is 0 Å². The van der Waals surface area contributed by atoms with Crippen LogP contribution in [0.5, 0.6) is 0 Å². The van der Waals surface area contributed by atoms with Crippen molar-refractivity contribution in [3.63, 3.8) is 0 Å². The van der Waals surface area contributed by atoms with Gasteiger partial charge in [-0.15, -0.1) is 0 Å². The van der Waals surface area contributed by atoms with E-state index in [1.54, 1.807) is 18.3 Å². The molecule has 0 aliphatic rings. The van der Waals surface area contributed by atoms with E-state index in [4.69, 9.17) is 5.73 Å². The largest absolute Gasteiger partial charge is 0.366 e. The number of primary amides is 1. The summed E-state index contributed by atoms with van der Waals surface area (Å²) in [5.74, 6) is -0.418. The Hall–Kier alpha value is -2.62. The van der Waals surface area contributed by atoms with E-state index in [0.29, 0.717) is 5.56 Å². The zero-order chi connectivity index (χ0) is 12.5. The monoisotopic (exact) mass is 237 g/mol. The summed E-state index contributed by atoms with van der Waals surface area (Å²) in [7, 11) is 0. The molecule has 3 heterocycles. The molecule has 0 radical (unpaired) electrons. The standard InChI is InChI=1S/C14H11N3O/c15-14(18)10-4-6-17-9-11(8-12(17)7-10)13-3-1-2-5-16-13/h1-9H,(H2,15,18). The maximum Gasteiger partial charge on any atom is 0.248 e. The maximum absolute atomic E-state index is 11.1. The zero-order valence-electron chi connectivity index (χ0n) is 9.58. The molecule has 0 saturated heterocycles. The fraction of sp³-hybridized carbons (Fsp3) is 0. The molecule has 0 aliphatic heterocycles.